The Morgan fingerprint density at radius 1 is 1.28 bits per heavy atom. The van der Waals surface area contributed by atoms with Crippen LogP contribution in [0.25, 0.3) is 0 Å². The molecular weight excluding hydrogens is 451 g/mol. The number of carbonyl (C=O) groups is 1. The number of hydrogen-bond donors (Lipinski definition) is 2. The molecule has 1 fully saturated rings. The van der Waals surface area contributed by atoms with Gasteiger partial charge in [0, 0.05) is 43.8 Å². The van der Waals surface area contributed by atoms with Crippen molar-refractivity contribution < 1.29 is 4.79 Å². The minimum absolute atomic E-state index is 0. The summed E-state index contributed by atoms with van der Waals surface area (Å²) in [5.74, 6) is 1.76. The zero-order chi connectivity index (χ0) is 17.4. The Morgan fingerprint density at radius 2 is 1.92 bits per heavy atom. The highest BCUT2D eigenvalue weighted by atomic mass is 127. The van der Waals surface area contributed by atoms with Gasteiger partial charge in [0.2, 0.25) is 5.91 Å². The molecular formula is C18H28ClIN4O. The van der Waals surface area contributed by atoms with E-state index in [1.54, 1.807) is 24.3 Å². The number of guanidine groups is 1. The highest BCUT2D eigenvalue weighted by molar-refractivity contribution is 14.0. The highest BCUT2D eigenvalue weighted by Gasteiger charge is 2.18. The molecule has 5 nitrogen and oxygen atoms in total. The van der Waals surface area contributed by atoms with Gasteiger partial charge in [-0.15, -0.1) is 24.0 Å². The van der Waals surface area contributed by atoms with Crippen LogP contribution < -0.4 is 10.6 Å². The summed E-state index contributed by atoms with van der Waals surface area (Å²) in [5.41, 5.74) is 0.774. The van der Waals surface area contributed by atoms with Crippen LogP contribution in [-0.2, 0) is 4.79 Å². The molecule has 0 atom stereocenters. The number of anilines is 1. The molecule has 1 amide bonds. The van der Waals surface area contributed by atoms with Crippen LogP contribution >= 0.6 is 35.6 Å². The van der Waals surface area contributed by atoms with Gasteiger partial charge in [-0.3, -0.25) is 9.79 Å². The predicted molar refractivity (Wildman–Crippen MR) is 116 cm³/mol. The molecule has 1 aliphatic heterocycles. The lowest BCUT2D eigenvalue weighted by atomic mass is 10.00. The van der Waals surface area contributed by atoms with Crippen molar-refractivity contribution in [3.05, 3.63) is 29.3 Å². The van der Waals surface area contributed by atoms with Crippen LogP contribution in [0.3, 0.4) is 0 Å². The van der Waals surface area contributed by atoms with Crippen LogP contribution in [0.15, 0.2) is 29.3 Å². The van der Waals surface area contributed by atoms with Gasteiger partial charge in [-0.1, -0.05) is 18.5 Å². The Balaban J connectivity index is 0.00000312. The van der Waals surface area contributed by atoms with Crippen LogP contribution in [0, 0.1) is 5.92 Å². The van der Waals surface area contributed by atoms with E-state index in [4.69, 9.17) is 11.6 Å². The van der Waals surface area contributed by atoms with E-state index in [-0.39, 0.29) is 29.9 Å². The molecule has 0 unspecified atom stereocenters. The monoisotopic (exact) mass is 478 g/mol. The van der Waals surface area contributed by atoms with E-state index in [0.29, 0.717) is 11.4 Å². The second-order valence-corrected chi connectivity index (χ2v) is 6.74. The van der Waals surface area contributed by atoms with Gasteiger partial charge < -0.3 is 15.5 Å². The average molecular weight is 479 g/mol. The Bertz CT molecular complexity index is 557. The first-order valence-corrected chi connectivity index (χ1v) is 8.97. The molecule has 1 heterocycles. The summed E-state index contributed by atoms with van der Waals surface area (Å²) in [6, 6.07) is 7.14. The Labute approximate surface area is 172 Å². The number of hydrogen-bond acceptors (Lipinski definition) is 2. The molecule has 0 aromatic heterocycles. The predicted octanol–water partition coefficient (Wildman–Crippen LogP) is 3.98. The smallest absolute Gasteiger partial charge is 0.224 e. The third-order valence-electron chi connectivity index (χ3n) is 4.29. The first-order valence-electron chi connectivity index (χ1n) is 8.59. The van der Waals surface area contributed by atoms with Gasteiger partial charge in [0.15, 0.2) is 5.96 Å². The SMILES string of the molecule is CN=C(NCCCC(=O)Nc1ccc(Cl)cc1)N1CCC(C)CC1.I. The minimum atomic E-state index is 0. The standard InChI is InChI=1S/C18H27ClN4O.HI/c1-14-9-12-23(13-10-14)18(20-2)21-11-3-4-17(24)22-16-7-5-15(19)6-8-16;/h5-8,14H,3-4,9-13H2,1-2H3,(H,20,21)(H,22,24);1H. The lowest BCUT2D eigenvalue weighted by Crippen LogP contribution is -2.45. The van der Waals surface area contributed by atoms with E-state index < -0.39 is 0 Å². The highest BCUT2D eigenvalue weighted by Crippen LogP contribution is 2.16. The molecule has 2 rings (SSSR count). The van der Waals surface area contributed by atoms with E-state index in [2.05, 4.69) is 27.4 Å². The quantitative estimate of drug-likeness (QED) is 0.291. The Kier molecular flexibility index (Phi) is 10.2. The normalized spacial score (nSPS) is 15.5. The molecule has 1 saturated heterocycles. The second-order valence-electron chi connectivity index (χ2n) is 6.30. The third kappa shape index (κ3) is 7.81. The zero-order valence-corrected chi connectivity index (χ0v) is 18.0. The van der Waals surface area contributed by atoms with Crippen LogP contribution in [0.5, 0.6) is 0 Å². The first-order chi connectivity index (χ1) is 11.6. The average Bonchev–Trinajstić information content (AvgIpc) is 2.58. The maximum atomic E-state index is 11.9. The molecule has 0 bridgehead atoms. The van der Waals surface area contributed by atoms with E-state index in [1.165, 1.54) is 12.8 Å². The molecule has 0 aliphatic carbocycles. The lowest BCUT2D eigenvalue weighted by Gasteiger charge is -2.32. The van der Waals surface area contributed by atoms with E-state index in [9.17, 15) is 4.79 Å². The van der Waals surface area contributed by atoms with Crippen LogP contribution in [0.4, 0.5) is 5.69 Å². The van der Waals surface area contributed by atoms with Crippen molar-refractivity contribution in [3.63, 3.8) is 0 Å². The van der Waals surface area contributed by atoms with E-state index in [1.807, 2.05) is 7.05 Å². The number of nitrogens with one attached hydrogen (secondary N) is 2. The summed E-state index contributed by atoms with van der Waals surface area (Å²) >= 11 is 5.83. The summed E-state index contributed by atoms with van der Waals surface area (Å²) in [6.45, 7) is 5.15. The van der Waals surface area contributed by atoms with Gasteiger partial charge in [0.05, 0.1) is 0 Å². The number of nitrogens with zero attached hydrogens (tertiary/aromatic N) is 2. The fourth-order valence-electron chi connectivity index (χ4n) is 2.76. The first kappa shape index (κ1) is 22.0. The van der Waals surface area contributed by atoms with Crippen LogP contribution in [0.2, 0.25) is 5.02 Å². The van der Waals surface area contributed by atoms with Crippen molar-refractivity contribution in [2.75, 3.05) is 32.0 Å². The van der Waals surface area contributed by atoms with Gasteiger partial charge in [0.25, 0.3) is 0 Å². The number of carbonyl (C=O) groups excluding carboxylic acids is 1. The molecule has 0 saturated carbocycles. The molecule has 0 radical (unpaired) electrons. The van der Waals surface area contributed by atoms with Crippen LogP contribution in [-0.4, -0.2) is 43.4 Å². The van der Waals surface area contributed by atoms with Crippen molar-refractivity contribution >= 4 is 53.1 Å². The Hall–Kier alpha value is -1.02. The number of benzene rings is 1. The maximum Gasteiger partial charge on any atom is 0.224 e. The van der Waals surface area contributed by atoms with Crippen molar-refractivity contribution in [2.45, 2.75) is 32.6 Å². The van der Waals surface area contributed by atoms with Crippen molar-refractivity contribution in [1.29, 1.82) is 0 Å². The number of halogens is 2. The number of amides is 1. The number of rotatable bonds is 5. The minimum Gasteiger partial charge on any atom is -0.356 e. The molecule has 140 valence electrons. The largest absolute Gasteiger partial charge is 0.356 e. The van der Waals surface area contributed by atoms with Gasteiger partial charge in [0.1, 0.15) is 0 Å². The molecule has 1 aliphatic rings. The summed E-state index contributed by atoms with van der Waals surface area (Å²) in [4.78, 5) is 18.6. The fraction of sp³-hybridized carbons (Fsp3) is 0.556. The third-order valence-corrected chi connectivity index (χ3v) is 4.54. The van der Waals surface area contributed by atoms with Gasteiger partial charge >= 0.3 is 0 Å². The molecule has 2 N–H and O–H groups in total. The van der Waals surface area contributed by atoms with Crippen LogP contribution in [0.1, 0.15) is 32.6 Å². The molecule has 7 heteroatoms. The van der Waals surface area contributed by atoms with Crippen molar-refractivity contribution in [2.24, 2.45) is 10.9 Å². The van der Waals surface area contributed by atoms with Crippen molar-refractivity contribution in [3.8, 4) is 0 Å². The lowest BCUT2D eigenvalue weighted by molar-refractivity contribution is -0.116. The van der Waals surface area contributed by atoms with Gasteiger partial charge in [-0.05, 0) is 49.4 Å². The zero-order valence-electron chi connectivity index (χ0n) is 14.9. The second kappa shape index (κ2) is 11.6. The van der Waals surface area contributed by atoms with Crippen molar-refractivity contribution in [1.82, 2.24) is 10.2 Å². The number of aliphatic imine (C=N–C) groups is 1. The fourth-order valence-corrected chi connectivity index (χ4v) is 2.88. The van der Waals surface area contributed by atoms with Gasteiger partial charge in [-0.25, -0.2) is 0 Å². The Morgan fingerprint density at radius 3 is 2.52 bits per heavy atom. The number of piperidine rings is 1. The molecule has 25 heavy (non-hydrogen) atoms. The summed E-state index contributed by atoms with van der Waals surface area (Å²) in [7, 11) is 1.81. The van der Waals surface area contributed by atoms with Gasteiger partial charge in [-0.2, -0.15) is 0 Å². The number of likely N-dealkylation sites (tertiary alicyclic amines) is 1. The maximum absolute atomic E-state index is 11.9. The molecule has 1 aromatic rings. The van der Waals surface area contributed by atoms with E-state index >= 15 is 0 Å². The summed E-state index contributed by atoms with van der Waals surface area (Å²) < 4.78 is 0. The summed E-state index contributed by atoms with van der Waals surface area (Å²) in [5, 5.41) is 6.90. The topological polar surface area (TPSA) is 56.7 Å². The summed E-state index contributed by atoms with van der Waals surface area (Å²) in [6.07, 6.45) is 3.67. The molecule has 1 aromatic carbocycles. The van der Waals surface area contributed by atoms with E-state index in [0.717, 1.165) is 43.6 Å². The molecule has 0 spiro atoms.